The Morgan fingerprint density at radius 3 is 2.56 bits per heavy atom. The average molecular weight is 462 g/mol. The molecule has 150 valence electrons. The SMILES string of the molecule is CCOC(=O)N1CCC(NC(=O)CCNS(=O)(=O)c2ccccc2Br)CC1. The van der Waals surface area contributed by atoms with E-state index in [1.54, 1.807) is 30.0 Å². The number of ether oxygens (including phenoxy) is 1. The van der Waals surface area contributed by atoms with Gasteiger partial charge in [-0.3, -0.25) is 4.79 Å². The van der Waals surface area contributed by atoms with Crippen LogP contribution in [0.5, 0.6) is 0 Å². The number of piperidine rings is 1. The summed E-state index contributed by atoms with van der Waals surface area (Å²) < 4.78 is 32.4. The Hall–Kier alpha value is -1.65. The third-order valence-corrected chi connectivity index (χ3v) is 6.63. The lowest BCUT2D eigenvalue weighted by atomic mass is 10.1. The number of rotatable bonds is 7. The summed E-state index contributed by atoms with van der Waals surface area (Å²) in [6.07, 6.45) is 1.01. The lowest BCUT2D eigenvalue weighted by Gasteiger charge is -2.31. The van der Waals surface area contributed by atoms with Crippen LogP contribution in [0.4, 0.5) is 4.79 Å². The highest BCUT2D eigenvalue weighted by atomic mass is 79.9. The number of hydrogen-bond donors (Lipinski definition) is 2. The molecule has 0 unspecified atom stereocenters. The summed E-state index contributed by atoms with van der Waals surface area (Å²) in [5, 5.41) is 2.89. The average Bonchev–Trinajstić information content (AvgIpc) is 2.62. The number of nitrogens with zero attached hydrogens (tertiary/aromatic N) is 1. The summed E-state index contributed by atoms with van der Waals surface area (Å²) in [6, 6.07) is 6.47. The number of sulfonamides is 1. The Balaban J connectivity index is 1.73. The van der Waals surface area contributed by atoms with Crippen molar-refractivity contribution in [3.05, 3.63) is 28.7 Å². The molecule has 0 atom stereocenters. The van der Waals surface area contributed by atoms with E-state index in [0.29, 0.717) is 37.0 Å². The molecule has 0 aliphatic carbocycles. The molecule has 1 aromatic carbocycles. The van der Waals surface area contributed by atoms with Gasteiger partial charge in [0, 0.05) is 36.6 Å². The second-order valence-electron chi connectivity index (χ2n) is 6.11. The number of likely N-dealkylation sites (tertiary alicyclic amines) is 1. The van der Waals surface area contributed by atoms with Crippen molar-refractivity contribution in [2.45, 2.75) is 37.1 Å². The molecule has 27 heavy (non-hydrogen) atoms. The van der Waals surface area contributed by atoms with E-state index in [1.807, 2.05) is 0 Å². The summed E-state index contributed by atoms with van der Waals surface area (Å²) in [7, 11) is -3.68. The van der Waals surface area contributed by atoms with Gasteiger partial charge in [0.25, 0.3) is 0 Å². The predicted molar refractivity (Wildman–Crippen MR) is 104 cm³/mol. The van der Waals surface area contributed by atoms with Gasteiger partial charge in [-0.15, -0.1) is 0 Å². The van der Waals surface area contributed by atoms with E-state index < -0.39 is 10.0 Å². The molecule has 8 nitrogen and oxygen atoms in total. The van der Waals surface area contributed by atoms with Gasteiger partial charge in [0.2, 0.25) is 15.9 Å². The number of carbonyl (C=O) groups is 2. The molecule has 0 aromatic heterocycles. The molecule has 1 aromatic rings. The molecule has 1 aliphatic rings. The molecule has 1 heterocycles. The highest BCUT2D eigenvalue weighted by Gasteiger charge is 2.24. The summed E-state index contributed by atoms with van der Waals surface area (Å²) in [5.74, 6) is -0.223. The maximum Gasteiger partial charge on any atom is 0.409 e. The third kappa shape index (κ3) is 6.47. The highest BCUT2D eigenvalue weighted by molar-refractivity contribution is 9.10. The van der Waals surface area contributed by atoms with Crippen LogP contribution in [0, 0.1) is 0 Å². The first-order valence-corrected chi connectivity index (χ1v) is 11.1. The van der Waals surface area contributed by atoms with Crippen LogP contribution in [0.25, 0.3) is 0 Å². The van der Waals surface area contributed by atoms with E-state index in [0.717, 1.165) is 0 Å². The van der Waals surface area contributed by atoms with E-state index in [2.05, 4.69) is 26.0 Å². The number of carbonyl (C=O) groups excluding carboxylic acids is 2. The molecule has 0 spiro atoms. The summed E-state index contributed by atoms with van der Waals surface area (Å²) in [5.41, 5.74) is 0. The molecule has 2 rings (SSSR count). The predicted octanol–water partition coefficient (Wildman–Crippen LogP) is 1.85. The fourth-order valence-electron chi connectivity index (χ4n) is 2.76. The number of halogens is 1. The normalized spacial score (nSPS) is 15.4. The van der Waals surface area contributed by atoms with Crippen LogP contribution in [0.1, 0.15) is 26.2 Å². The van der Waals surface area contributed by atoms with Crippen LogP contribution in [0.3, 0.4) is 0 Å². The van der Waals surface area contributed by atoms with Crippen LogP contribution in [0.2, 0.25) is 0 Å². The van der Waals surface area contributed by atoms with E-state index in [9.17, 15) is 18.0 Å². The first-order chi connectivity index (χ1) is 12.8. The van der Waals surface area contributed by atoms with Gasteiger partial charge in [-0.25, -0.2) is 17.9 Å². The first-order valence-electron chi connectivity index (χ1n) is 8.78. The van der Waals surface area contributed by atoms with Gasteiger partial charge >= 0.3 is 6.09 Å². The Labute approximate surface area is 167 Å². The van der Waals surface area contributed by atoms with Crippen molar-refractivity contribution in [2.75, 3.05) is 26.2 Å². The van der Waals surface area contributed by atoms with Gasteiger partial charge in [0.1, 0.15) is 0 Å². The first kappa shape index (κ1) is 21.6. The lowest BCUT2D eigenvalue weighted by Crippen LogP contribution is -2.47. The van der Waals surface area contributed by atoms with Crippen LogP contribution < -0.4 is 10.0 Å². The second kappa shape index (κ2) is 10.0. The van der Waals surface area contributed by atoms with E-state index >= 15 is 0 Å². The largest absolute Gasteiger partial charge is 0.450 e. The van der Waals surface area contributed by atoms with Crippen molar-refractivity contribution < 1.29 is 22.7 Å². The highest BCUT2D eigenvalue weighted by Crippen LogP contribution is 2.20. The fraction of sp³-hybridized carbons (Fsp3) is 0.529. The zero-order valence-corrected chi connectivity index (χ0v) is 17.5. The smallest absolute Gasteiger partial charge is 0.409 e. The zero-order chi connectivity index (χ0) is 19.9. The van der Waals surface area contributed by atoms with E-state index in [-0.39, 0.29) is 35.9 Å². The summed E-state index contributed by atoms with van der Waals surface area (Å²) >= 11 is 3.21. The number of nitrogens with one attached hydrogen (secondary N) is 2. The van der Waals surface area contributed by atoms with Crippen molar-refractivity contribution in [3.63, 3.8) is 0 Å². The number of benzene rings is 1. The third-order valence-electron chi connectivity index (χ3n) is 4.16. The Morgan fingerprint density at radius 2 is 1.93 bits per heavy atom. The van der Waals surface area contributed by atoms with Gasteiger partial charge in [0.15, 0.2) is 0 Å². The van der Waals surface area contributed by atoms with Gasteiger partial charge in [-0.05, 0) is 47.8 Å². The molecule has 1 saturated heterocycles. The second-order valence-corrected chi connectivity index (χ2v) is 8.70. The molecular weight excluding hydrogens is 438 g/mol. The Kier molecular flexibility index (Phi) is 8.06. The topological polar surface area (TPSA) is 105 Å². The summed E-state index contributed by atoms with van der Waals surface area (Å²) in [4.78, 5) is 25.5. The van der Waals surface area contributed by atoms with Crippen LogP contribution in [-0.2, 0) is 19.6 Å². The molecule has 1 fully saturated rings. The zero-order valence-electron chi connectivity index (χ0n) is 15.1. The molecule has 1 aliphatic heterocycles. The van der Waals surface area contributed by atoms with Crippen LogP contribution in [-0.4, -0.2) is 57.6 Å². The molecule has 10 heteroatoms. The molecule has 2 N–H and O–H groups in total. The molecule has 0 saturated carbocycles. The van der Waals surface area contributed by atoms with E-state index in [1.165, 1.54) is 6.07 Å². The molecule has 0 radical (unpaired) electrons. The van der Waals surface area contributed by atoms with Crippen LogP contribution in [0.15, 0.2) is 33.6 Å². The Bertz CT molecular complexity index is 764. The maximum absolute atomic E-state index is 12.3. The monoisotopic (exact) mass is 461 g/mol. The number of hydrogen-bond acceptors (Lipinski definition) is 5. The Morgan fingerprint density at radius 1 is 1.26 bits per heavy atom. The van der Waals surface area contributed by atoms with Crippen molar-refractivity contribution in [1.82, 2.24) is 14.9 Å². The van der Waals surface area contributed by atoms with Crippen molar-refractivity contribution >= 4 is 38.0 Å². The minimum atomic E-state index is -3.68. The van der Waals surface area contributed by atoms with Gasteiger partial charge in [-0.1, -0.05) is 12.1 Å². The molecule has 0 bridgehead atoms. The number of amides is 2. The summed E-state index contributed by atoms with van der Waals surface area (Å²) in [6.45, 7) is 3.16. The van der Waals surface area contributed by atoms with Crippen molar-refractivity contribution in [2.24, 2.45) is 0 Å². The maximum atomic E-state index is 12.3. The fourth-order valence-corrected chi connectivity index (χ4v) is 4.79. The minimum Gasteiger partial charge on any atom is -0.450 e. The van der Waals surface area contributed by atoms with E-state index in [4.69, 9.17) is 4.74 Å². The van der Waals surface area contributed by atoms with Crippen molar-refractivity contribution in [3.8, 4) is 0 Å². The van der Waals surface area contributed by atoms with Gasteiger partial charge in [-0.2, -0.15) is 0 Å². The minimum absolute atomic E-state index is 0.0111. The van der Waals surface area contributed by atoms with Crippen molar-refractivity contribution in [1.29, 1.82) is 0 Å². The quantitative estimate of drug-likeness (QED) is 0.644. The van der Waals surface area contributed by atoms with Gasteiger partial charge < -0.3 is 15.0 Å². The lowest BCUT2D eigenvalue weighted by molar-refractivity contribution is -0.121. The van der Waals surface area contributed by atoms with Crippen LogP contribution >= 0.6 is 15.9 Å². The molecule has 2 amide bonds. The standard InChI is InChI=1S/C17H24BrN3O5S/c1-2-26-17(23)21-11-8-13(9-12-21)20-16(22)7-10-19-27(24,25)15-6-4-3-5-14(15)18/h3-6,13,19H,2,7-12H2,1H3,(H,20,22). The van der Waals surface area contributed by atoms with Gasteiger partial charge in [0.05, 0.1) is 11.5 Å². The molecular formula is C17H24BrN3O5S.